The molecule has 0 radical (unpaired) electrons. The first-order valence-electron chi connectivity index (χ1n) is 4.68. The molecule has 0 rings (SSSR count). The Kier molecular flexibility index (Phi) is 6.89. The van der Waals surface area contributed by atoms with Crippen molar-refractivity contribution in [3.8, 4) is 0 Å². The molecule has 0 fully saturated rings. The highest BCUT2D eigenvalue weighted by Gasteiger charge is 2.31. The van der Waals surface area contributed by atoms with Crippen LogP contribution >= 0.6 is 0 Å². The Hall–Kier alpha value is -0.320. The largest absolute Gasteiger partial charge is 0.273 e. The number of hydrogen-bond donors (Lipinski definition) is 1. The van der Waals surface area contributed by atoms with E-state index in [4.69, 9.17) is 20.6 Å². The molecule has 92 valence electrons. The van der Waals surface area contributed by atoms with Crippen LogP contribution in [0.4, 0.5) is 0 Å². The molecule has 0 aromatic rings. The molecule has 8 heteroatoms. The Morgan fingerprint density at radius 1 is 1.27 bits per heavy atom. The van der Waals surface area contributed by atoms with Crippen LogP contribution in [-0.2, 0) is 19.7 Å². The molecule has 0 amide bonds. The highest BCUT2D eigenvalue weighted by Crippen LogP contribution is 2.09. The average Bonchev–Trinajstić information content (AvgIpc) is 2.25. The van der Waals surface area contributed by atoms with Crippen molar-refractivity contribution in [2.24, 2.45) is 5.90 Å². The van der Waals surface area contributed by atoms with E-state index in [0.29, 0.717) is 13.1 Å². The summed E-state index contributed by atoms with van der Waals surface area (Å²) in [5, 5.41) is 2.28. The van der Waals surface area contributed by atoms with Gasteiger partial charge in [0.15, 0.2) is 0 Å². The Morgan fingerprint density at radius 3 is 2.20 bits per heavy atom. The molecule has 1 unspecified atom stereocenters. The fourth-order valence-electron chi connectivity index (χ4n) is 0.806. The minimum Gasteiger partial charge on any atom is -0.273 e. The summed E-state index contributed by atoms with van der Waals surface area (Å²) in [5.74, 6) is 4.92. The second-order valence-corrected chi connectivity index (χ2v) is 2.87. The van der Waals surface area contributed by atoms with Crippen molar-refractivity contribution in [1.82, 2.24) is 10.5 Å². The average molecular weight is 225 g/mol. The second kappa shape index (κ2) is 7.04. The van der Waals surface area contributed by atoms with E-state index in [9.17, 15) is 0 Å². The summed E-state index contributed by atoms with van der Waals surface area (Å²) >= 11 is 0. The van der Waals surface area contributed by atoms with E-state index < -0.39 is 0 Å². The van der Waals surface area contributed by atoms with E-state index in [1.807, 2.05) is 13.8 Å². The van der Waals surface area contributed by atoms with E-state index in [-0.39, 0.29) is 4.81 Å². The van der Waals surface area contributed by atoms with E-state index in [2.05, 4.69) is 4.94 Å². The van der Waals surface area contributed by atoms with Crippen LogP contribution in [0.15, 0.2) is 0 Å². The van der Waals surface area contributed by atoms with Gasteiger partial charge in [-0.3, -0.25) is 4.84 Å². The number of hydrogen-bond acceptors (Lipinski definition) is 7. The zero-order valence-corrected chi connectivity index (χ0v) is 9.97. The lowest BCUT2D eigenvalue weighted by molar-refractivity contribution is -1.28. The van der Waals surface area contributed by atoms with Crippen LogP contribution in [-0.4, -0.2) is 49.6 Å². The van der Waals surface area contributed by atoms with Gasteiger partial charge in [-0.05, 0) is 33.8 Å². The molecular weight excluding hydrogens is 204 g/mol. The molecule has 0 aromatic heterocycles. The quantitative estimate of drug-likeness (QED) is 0.452. The first-order chi connectivity index (χ1) is 7.01. The first-order valence-corrected chi connectivity index (χ1v) is 4.68. The summed E-state index contributed by atoms with van der Waals surface area (Å²) in [6, 6.07) is 0. The first kappa shape index (κ1) is 14.7. The van der Waals surface area contributed by atoms with Gasteiger partial charge in [-0.15, -0.1) is 0 Å². The summed E-state index contributed by atoms with van der Waals surface area (Å²) in [6.45, 7) is 4.86. The van der Waals surface area contributed by atoms with Gasteiger partial charge in [-0.1, -0.05) is 0 Å². The van der Waals surface area contributed by atoms with Gasteiger partial charge >= 0.3 is 0 Å². The molecule has 2 N–H and O–H groups in total. The van der Waals surface area contributed by atoms with Crippen LogP contribution < -0.4 is 5.90 Å². The number of quaternary nitrogens is 1. The maximum Gasteiger partial charge on any atom is 0.143 e. The Morgan fingerprint density at radius 2 is 1.87 bits per heavy atom. The van der Waals surface area contributed by atoms with Crippen LogP contribution in [0, 0.1) is 0 Å². The maximum absolute atomic E-state index is 5.41. The lowest BCUT2D eigenvalue weighted by Gasteiger charge is -2.30. The number of nitrogens with two attached hydrogens (primary N) is 1. The molecule has 0 aliphatic carbocycles. The number of hydroxylamine groups is 8. The normalized spacial score (nSPS) is 16.0. The monoisotopic (exact) mass is 225 g/mol. The molecule has 0 spiro atoms. The summed E-state index contributed by atoms with van der Waals surface area (Å²) in [5.41, 5.74) is 0. The third-order valence-corrected chi connectivity index (χ3v) is 1.74. The molecule has 15 heavy (non-hydrogen) atoms. The van der Waals surface area contributed by atoms with E-state index in [0.717, 1.165) is 5.23 Å². The van der Waals surface area contributed by atoms with Crippen molar-refractivity contribution in [2.45, 2.75) is 13.8 Å². The van der Waals surface area contributed by atoms with E-state index in [1.54, 1.807) is 7.05 Å². The molecular formula is C7H21N4O4+. The summed E-state index contributed by atoms with van der Waals surface area (Å²) in [4.78, 5) is 19.7. The summed E-state index contributed by atoms with van der Waals surface area (Å²) in [7, 11) is 4.71. The third-order valence-electron chi connectivity index (χ3n) is 1.74. The van der Waals surface area contributed by atoms with Crippen molar-refractivity contribution < 1.29 is 24.5 Å². The van der Waals surface area contributed by atoms with Gasteiger partial charge in [-0.2, -0.15) is 10.8 Å². The standard InChI is InChI=1S/C7H21N4O4/c1-6-10(12-5)15-11(4,7-2)14-9(3)13-8/h6-8H2,1-5H3/q+1. The van der Waals surface area contributed by atoms with Gasteiger partial charge in [-0.25, -0.2) is 0 Å². The summed E-state index contributed by atoms with van der Waals surface area (Å²) in [6.07, 6.45) is 0. The Balaban J connectivity index is 4.28. The predicted octanol–water partition coefficient (Wildman–Crippen LogP) is -0.233. The zero-order chi connectivity index (χ0) is 11.9. The number of nitrogens with zero attached hydrogens (tertiary/aromatic N) is 3. The molecule has 0 saturated carbocycles. The number of rotatable bonds is 8. The van der Waals surface area contributed by atoms with Gasteiger partial charge in [0.1, 0.15) is 13.6 Å². The van der Waals surface area contributed by atoms with Gasteiger partial charge in [0.05, 0.1) is 13.7 Å². The van der Waals surface area contributed by atoms with Crippen LogP contribution in [0.5, 0.6) is 0 Å². The maximum atomic E-state index is 5.41. The molecule has 1 atom stereocenters. The molecule has 0 heterocycles. The minimum absolute atomic E-state index is 0.213. The zero-order valence-electron chi connectivity index (χ0n) is 9.97. The fraction of sp³-hybridized carbons (Fsp3) is 1.00. The van der Waals surface area contributed by atoms with Gasteiger partial charge < -0.3 is 0 Å². The molecule has 0 aromatic carbocycles. The molecule has 0 saturated heterocycles. The van der Waals surface area contributed by atoms with Crippen LogP contribution in [0.25, 0.3) is 0 Å². The Bertz CT molecular complexity index is 169. The van der Waals surface area contributed by atoms with Crippen molar-refractivity contribution in [1.29, 1.82) is 0 Å². The SMILES string of the molecule is CCN(OC)O[N+](C)(CC)ON(C)ON. The van der Waals surface area contributed by atoms with Crippen LogP contribution in [0.2, 0.25) is 0 Å². The van der Waals surface area contributed by atoms with Gasteiger partial charge in [0.25, 0.3) is 0 Å². The lowest BCUT2D eigenvalue weighted by Crippen LogP contribution is -2.52. The van der Waals surface area contributed by atoms with Crippen molar-refractivity contribution in [3.05, 3.63) is 0 Å². The van der Waals surface area contributed by atoms with Gasteiger partial charge in [0, 0.05) is 12.3 Å². The molecule has 0 bridgehead atoms. The smallest absolute Gasteiger partial charge is 0.143 e. The predicted molar refractivity (Wildman–Crippen MR) is 51.3 cm³/mol. The molecule has 8 nitrogen and oxygen atoms in total. The molecule has 0 aliphatic rings. The second-order valence-electron chi connectivity index (χ2n) is 2.87. The minimum atomic E-state index is -0.213. The summed E-state index contributed by atoms with van der Waals surface area (Å²) < 4.78 is 0. The van der Waals surface area contributed by atoms with Crippen LogP contribution in [0.3, 0.4) is 0 Å². The van der Waals surface area contributed by atoms with Crippen molar-refractivity contribution in [3.63, 3.8) is 0 Å². The van der Waals surface area contributed by atoms with Gasteiger partial charge in [0.2, 0.25) is 0 Å². The highest BCUT2D eigenvalue weighted by atomic mass is 17.2. The molecule has 0 aliphatic heterocycles. The van der Waals surface area contributed by atoms with Crippen molar-refractivity contribution >= 4 is 0 Å². The lowest BCUT2D eigenvalue weighted by atomic mass is 10.7. The van der Waals surface area contributed by atoms with E-state index >= 15 is 0 Å². The fourth-order valence-corrected chi connectivity index (χ4v) is 0.806. The highest BCUT2D eigenvalue weighted by molar-refractivity contribution is 4.11. The topological polar surface area (TPSA) is 69.4 Å². The van der Waals surface area contributed by atoms with E-state index in [1.165, 1.54) is 19.4 Å². The Labute approximate surface area is 89.9 Å². The van der Waals surface area contributed by atoms with Crippen molar-refractivity contribution in [2.75, 3.05) is 34.3 Å². The third kappa shape index (κ3) is 5.35. The van der Waals surface area contributed by atoms with Crippen LogP contribution in [0.1, 0.15) is 13.8 Å².